The maximum absolute atomic E-state index is 2.35. The summed E-state index contributed by atoms with van der Waals surface area (Å²) in [6, 6.07) is 11.5. The Morgan fingerprint density at radius 2 is 1.37 bits per heavy atom. The van der Waals surface area contributed by atoms with Gasteiger partial charge < -0.3 is 0 Å². The highest BCUT2D eigenvalue weighted by atomic mass is 14.1. The van der Waals surface area contributed by atoms with Crippen LogP contribution in [0.25, 0.3) is 10.8 Å². The second kappa shape index (κ2) is 6.75. The summed E-state index contributed by atoms with van der Waals surface area (Å²) in [6.45, 7) is 6.84. The second-order valence-corrected chi connectivity index (χ2v) is 5.47. The van der Waals surface area contributed by atoms with Crippen molar-refractivity contribution in [2.45, 2.75) is 59.3 Å². The Kier molecular flexibility index (Phi) is 5.01. The van der Waals surface area contributed by atoms with Crippen LogP contribution in [0.4, 0.5) is 0 Å². The van der Waals surface area contributed by atoms with Crippen molar-refractivity contribution in [3.63, 3.8) is 0 Å². The summed E-state index contributed by atoms with van der Waals surface area (Å²) in [7, 11) is 0. The summed E-state index contributed by atoms with van der Waals surface area (Å²) in [5.41, 5.74) is 4.73. The molecule has 0 heterocycles. The topological polar surface area (TPSA) is 0 Å². The molecule has 0 nitrogen and oxygen atoms in total. The van der Waals surface area contributed by atoms with E-state index in [1.54, 1.807) is 22.1 Å². The first-order chi connectivity index (χ1) is 9.31. The molecule has 0 fully saturated rings. The first-order valence-corrected chi connectivity index (χ1v) is 7.84. The number of hydrogen-bond acceptors (Lipinski definition) is 0. The van der Waals surface area contributed by atoms with Gasteiger partial charge in [-0.15, -0.1) is 0 Å². The van der Waals surface area contributed by atoms with E-state index in [2.05, 4.69) is 51.1 Å². The lowest BCUT2D eigenvalue weighted by Crippen LogP contribution is -1.98. The van der Waals surface area contributed by atoms with Crippen molar-refractivity contribution in [2.24, 2.45) is 0 Å². The highest BCUT2D eigenvalue weighted by molar-refractivity contribution is 5.90. The molecule has 0 aliphatic carbocycles. The van der Waals surface area contributed by atoms with Gasteiger partial charge in [0.1, 0.15) is 0 Å². The van der Waals surface area contributed by atoms with Crippen molar-refractivity contribution in [2.75, 3.05) is 0 Å². The minimum atomic E-state index is 1.20. The van der Waals surface area contributed by atoms with Crippen LogP contribution in [-0.2, 0) is 19.3 Å². The molecular weight excluding hydrogens is 228 g/mol. The van der Waals surface area contributed by atoms with E-state index in [9.17, 15) is 0 Å². The highest BCUT2D eigenvalue weighted by Gasteiger charge is 2.09. The summed E-state index contributed by atoms with van der Waals surface area (Å²) in [6.07, 6.45) is 7.32. The molecule has 2 aromatic rings. The molecule has 0 N–H and O–H groups in total. The summed E-state index contributed by atoms with van der Waals surface area (Å²) in [5, 5.41) is 2.98. The fourth-order valence-electron chi connectivity index (χ4n) is 3.10. The van der Waals surface area contributed by atoms with Crippen LogP contribution in [0.15, 0.2) is 30.3 Å². The van der Waals surface area contributed by atoms with Gasteiger partial charge in [0.2, 0.25) is 0 Å². The fourth-order valence-corrected chi connectivity index (χ4v) is 3.10. The molecule has 0 aliphatic heterocycles. The minimum Gasteiger partial charge on any atom is -0.0651 e. The molecule has 0 saturated heterocycles. The summed E-state index contributed by atoms with van der Waals surface area (Å²) in [5.74, 6) is 0. The third kappa shape index (κ3) is 3.00. The lowest BCUT2D eigenvalue weighted by Gasteiger charge is -2.15. The van der Waals surface area contributed by atoms with Crippen molar-refractivity contribution in [1.82, 2.24) is 0 Å². The quantitative estimate of drug-likeness (QED) is 0.620. The molecule has 0 radical (unpaired) electrons. The Morgan fingerprint density at radius 3 is 2.05 bits per heavy atom. The van der Waals surface area contributed by atoms with Crippen LogP contribution >= 0.6 is 0 Å². The van der Waals surface area contributed by atoms with E-state index in [-0.39, 0.29) is 0 Å². The SMILES string of the molecule is CCCc1ccc2cccc(CCC)c2c1CCC. The lowest BCUT2D eigenvalue weighted by molar-refractivity contribution is 0.864. The van der Waals surface area contributed by atoms with Crippen LogP contribution in [0.5, 0.6) is 0 Å². The number of rotatable bonds is 6. The minimum absolute atomic E-state index is 1.20. The summed E-state index contributed by atoms with van der Waals surface area (Å²) >= 11 is 0. The lowest BCUT2D eigenvalue weighted by atomic mass is 9.89. The molecule has 2 rings (SSSR count). The summed E-state index contributed by atoms with van der Waals surface area (Å²) in [4.78, 5) is 0. The van der Waals surface area contributed by atoms with Crippen molar-refractivity contribution >= 4 is 10.8 Å². The zero-order chi connectivity index (χ0) is 13.7. The van der Waals surface area contributed by atoms with Gasteiger partial charge in [0, 0.05) is 0 Å². The molecule has 0 saturated carbocycles. The molecule has 2 aromatic carbocycles. The maximum Gasteiger partial charge on any atom is -0.0117 e. The molecule has 102 valence electrons. The van der Waals surface area contributed by atoms with Gasteiger partial charge in [-0.1, -0.05) is 70.4 Å². The Bertz CT molecular complexity index is 537. The molecule has 0 unspecified atom stereocenters. The molecule has 19 heavy (non-hydrogen) atoms. The fraction of sp³-hybridized carbons (Fsp3) is 0.474. The van der Waals surface area contributed by atoms with Crippen molar-refractivity contribution < 1.29 is 0 Å². The van der Waals surface area contributed by atoms with E-state index in [0.717, 1.165) is 0 Å². The van der Waals surface area contributed by atoms with Crippen molar-refractivity contribution in [3.05, 3.63) is 47.0 Å². The largest absolute Gasteiger partial charge is 0.0651 e. The van der Waals surface area contributed by atoms with E-state index in [4.69, 9.17) is 0 Å². The molecular formula is C19H26. The van der Waals surface area contributed by atoms with E-state index in [1.807, 2.05) is 0 Å². The smallest absolute Gasteiger partial charge is 0.0117 e. The van der Waals surface area contributed by atoms with Crippen LogP contribution in [0.3, 0.4) is 0 Å². The van der Waals surface area contributed by atoms with E-state index in [0.29, 0.717) is 0 Å². The number of fused-ring (bicyclic) bond motifs is 1. The number of hydrogen-bond donors (Lipinski definition) is 0. The van der Waals surface area contributed by atoms with E-state index >= 15 is 0 Å². The average Bonchev–Trinajstić information content (AvgIpc) is 2.42. The number of benzene rings is 2. The van der Waals surface area contributed by atoms with Gasteiger partial charge in [0.15, 0.2) is 0 Å². The Hall–Kier alpha value is -1.30. The zero-order valence-electron chi connectivity index (χ0n) is 12.6. The van der Waals surface area contributed by atoms with E-state index < -0.39 is 0 Å². The maximum atomic E-state index is 2.35. The third-order valence-corrected chi connectivity index (χ3v) is 3.88. The monoisotopic (exact) mass is 254 g/mol. The molecule has 0 bridgehead atoms. The van der Waals surface area contributed by atoms with Crippen LogP contribution in [0.2, 0.25) is 0 Å². The average molecular weight is 254 g/mol. The zero-order valence-corrected chi connectivity index (χ0v) is 12.6. The van der Waals surface area contributed by atoms with Gasteiger partial charge >= 0.3 is 0 Å². The molecule has 0 aromatic heterocycles. The first kappa shape index (κ1) is 14.1. The van der Waals surface area contributed by atoms with Crippen molar-refractivity contribution in [3.8, 4) is 0 Å². The molecule has 0 aliphatic rings. The Balaban J connectivity index is 2.66. The molecule has 0 amide bonds. The predicted molar refractivity (Wildman–Crippen MR) is 85.9 cm³/mol. The summed E-state index contributed by atoms with van der Waals surface area (Å²) < 4.78 is 0. The van der Waals surface area contributed by atoms with Gasteiger partial charge in [0.05, 0.1) is 0 Å². The van der Waals surface area contributed by atoms with Gasteiger partial charge in [-0.2, -0.15) is 0 Å². The Labute approximate surface area is 117 Å². The standard InChI is InChI=1S/C19H26/c1-4-8-15-13-14-17-12-7-11-16(9-5-2)19(17)18(15)10-6-3/h7,11-14H,4-6,8-10H2,1-3H3. The van der Waals surface area contributed by atoms with E-state index in [1.165, 1.54) is 43.9 Å². The van der Waals surface area contributed by atoms with Crippen molar-refractivity contribution in [1.29, 1.82) is 0 Å². The normalized spacial score (nSPS) is 11.1. The van der Waals surface area contributed by atoms with Crippen LogP contribution in [-0.4, -0.2) is 0 Å². The second-order valence-electron chi connectivity index (χ2n) is 5.47. The van der Waals surface area contributed by atoms with Gasteiger partial charge in [-0.3, -0.25) is 0 Å². The van der Waals surface area contributed by atoms with Gasteiger partial charge in [-0.25, -0.2) is 0 Å². The van der Waals surface area contributed by atoms with Gasteiger partial charge in [-0.05, 0) is 46.7 Å². The number of aryl methyl sites for hydroxylation is 3. The molecule has 0 atom stereocenters. The Morgan fingerprint density at radius 1 is 0.684 bits per heavy atom. The van der Waals surface area contributed by atoms with Crippen LogP contribution in [0, 0.1) is 0 Å². The van der Waals surface area contributed by atoms with Crippen LogP contribution < -0.4 is 0 Å². The molecule has 0 heteroatoms. The third-order valence-electron chi connectivity index (χ3n) is 3.88. The van der Waals surface area contributed by atoms with Gasteiger partial charge in [0.25, 0.3) is 0 Å². The predicted octanol–water partition coefficient (Wildman–Crippen LogP) is 5.70. The molecule has 0 spiro atoms. The van der Waals surface area contributed by atoms with Crippen LogP contribution in [0.1, 0.15) is 56.7 Å². The highest BCUT2D eigenvalue weighted by Crippen LogP contribution is 2.29. The first-order valence-electron chi connectivity index (χ1n) is 7.84.